The Labute approximate surface area is 239 Å². The number of hydrogen-bond donors (Lipinski definition) is 0. The molecule has 6 aromatic carbocycles. The van der Waals surface area contributed by atoms with E-state index >= 15 is 0 Å². The molecule has 0 N–H and O–H groups in total. The van der Waals surface area contributed by atoms with E-state index in [1.54, 1.807) is 0 Å². The number of rotatable bonds is 3. The third-order valence-electron chi connectivity index (χ3n) is 7.90. The Morgan fingerprint density at radius 1 is 0.333 bits per heavy atom. The average molecular weight is 540 g/mol. The number of fused-ring (bicyclic) bond motifs is 7. The van der Waals surface area contributed by atoms with Gasteiger partial charge < -0.3 is 8.83 Å². The zero-order valence-electron chi connectivity index (χ0n) is 22.3. The molecule has 5 heteroatoms. The van der Waals surface area contributed by atoms with Gasteiger partial charge in [0.15, 0.2) is 17.5 Å². The summed E-state index contributed by atoms with van der Waals surface area (Å²) < 4.78 is 12.3. The molecule has 0 atom stereocenters. The summed E-state index contributed by atoms with van der Waals surface area (Å²) in [6.45, 7) is 0. The van der Waals surface area contributed by atoms with Crippen LogP contribution in [0.4, 0.5) is 0 Å². The largest absolute Gasteiger partial charge is 0.456 e. The number of aromatic nitrogens is 3. The van der Waals surface area contributed by atoms with Gasteiger partial charge >= 0.3 is 0 Å². The summed E-state index contributed by atoms with van der Waals surface area (Å²) in [6, 6.07) is 43.0. The molecule has 0 fully saturated rings. The first-order chi connectivity index (χ1) is 20.8. The van der Waals surface area contributed by atoms with E-state index in [0.717, 1.165) is 66.0 Å². The first-order valence-corrected chi connectivity index (χ1v) is 13.9. The summed E-state index contributed by atoms with van der Waals surface area (Å²) >= 11 is 0. The van der Waals surface area contributed by atoms with E-state index in [2.05, 4.69) is 48.5 Å². The maximum absolute atomic E-state index is 6.24. The van der Waals surface area contributed by atoms with Crippen LogP contribution in [0.15, 0.2) is 136 Å². The molecule has 3 aromatic heterocycles. The van der Waals surface area contributed by atoms with Gasteiger partial charge in [-0.05, 0) is 65.4 Å². The van der Waals surface area contributed by atoms with E-state index in [1.807, 2.05) is 78.9 Å². The Hall–Kier alpha value is -5.81. The highest BCUT2D eigenvalue weighted by Gasteiger charge is 2.16. The molecule has 0 bridgehead atoms. The molecule has 0 saturated heterocycles. The van der Waals surface area contributed by atoms with Crippen LogP contribution in [0, 0.1) is 0 Å². The van der Waals surface area contributed by atoms with Crippen LogP contribution in [0.2, 0.25) is 0 Å². The fourth-order valence-electron chi connectivity index (χ4n) is 5.82. The number of hydrogen-bond acceptors (Lipinski definition) is 5. The summed E-state index contributed by atoms with van der Waals surface area (Å²) in [6.07, 6.45) is 0. The van der Waals surface area contributed by atoms with Crippen LogP contribution in [0.3, 0.4) is 0 Å². The first kappa shape index (κ1) is 22.9. The molecular formula is C37H21N3O2. The van der Waals surface area contributed by atoms with Crippen molar-refractivity contribution in [2.24, 2.45) is 0 Å². The average Bonchev–Trinajstić information content (AvgIpc) is 3.60. The molecule has 0 aliphatic heterocycles. The Balaban J connectivity index is 1.26. The second kappa shape index (κ2) is 8.85. The predicted octanol–water partition coefficient (Wildman–Crippen LogP) is 9.82. The number of nitrogens with zero attached hydrogens (tertiary/aromatic N) is 3. The van der Waals surface area contributed by atoms with Gasteiger partial charge in [0.25, 0.3) is 0 Å². The topological polar surface area (TPSA) is 65.0 Å². The van der Waals surface area contributed by atoms with Crippen molar-refractivity contribution in [3.05, 3.63) is 127 Å². The SMILES string of the molecule is c1ccc(-c2nc(-c3ccc4oc5ccccc5c4c3)nc(-c3ccc4oc5cc6ccccc6cc5c4c3)n2)cc1. The summed E-state index contributed by atoms with van der Waals surface area (Å²) in [7, 11) is 0. The van der Waals surface area contributed by atoms with Crippen LogP contribution in [0.1, 0.15) is 0 Å². The smallest absolute Gasteiger partial charge is 0.164 e. The Bertz CT molecular complexity index is 2470. The molecule has 9 aromatic rings. The predicted molar refractivity (Wildman–Crippen MR) is 168 cm³/mol. The fourth-order valence-corrected chi connectivity index (χ4v) is 5.82. The Kier molecular flexibility index (Phi) is 4.83. The second-order valence-electron chi connectivity index (χ2n) is 10.5. The van der Waals surface area contributed by atoms with Gasteiger partial charge in [0.2, 0.25) is 0 Å². The van der Waals surface area contributed by atoms with Crippen molar-refractivity contribution >= 4 is 54.6 Å². The highest BCUT2D eigenvalue weighted by molar-refractivity contribution is 6.11. The normalized spacial score (nSPS) is 11.8. The van der Waals surface area contributed by atoms with Crippen molar-refractivity contribution in [2.75, 3.05) is 0 Å². The standard InChI is InChI=1S/C37H21N3O2/c1-2-8-22(9-3-1)35-38-36(25-14-16-32-28(19-25)27-12-6-7-13-31(27)41-32)40-37(39-35)26-15-17-33-29(20-26)30-18-23-10-4-5-11-24(23)21-34(30)42-33/h1-21H. The van der Waals surface area contributed by atoms with Crippen LogP contribution in [-0.4, -0.2) is 15.0 Å². The van der Waals surface area contributed by atoms with Gasteiger partial charge in [-0.2, -0.15) is 0 Å². The summed E-state index contributed by atoms with van der Waals surface area (Å²) in [5.74, 6) is 1.83. The summed E-state index contributed by atoms with van der Waals surface area (Å²) in [5, 5.41) is 6.53. The van der Waals surface area contributed by atoms with Gasteiger partial charge in [0.1, 0.15) is 22.3 Å². The van der Waals surface area contributed by atoms with Crippen molar-refractivity contribution in [3.8, 4) is 34.2 Å². The van der Waals surface area contributed by atoms with E-state index in [1.165, 1.54) is 5.39 Å². The van der Waals surface area contributed by atoms with Gasteiger partial charge in [-0.15, -0.1) is 0 Å². The lowest BCUT2D eigenvalue weighted by atomic mass is 10.0. The highest BCUT2D eigenvalue weighted by Crippen LogP contribution is 2.36. The lowest BCUT2D eigenvalue weighted by molar-refractivity contribution is 0.669. The monoisotopic (exact) mass is 539 g/mol. The first-order valence-electron chi connectivity index (χ1n) is 13.9. The molecule has 0 unspecified atom stereocenters. The maximum atomic E-state index is 6.24. The third-order valence-corrected chi connectivity index (χ3v) is 7.90. The van der Waals surface area contributed by atoms with Crippen LogP contribution in [0.5, 0.6) is 0 Å². The molecule has 0 aliphatic carbocycles. The van der Waals surface area contributed by atoms with Crippen LogP contribution in [0.25, 0.3) is 88.8 Å². The van der Waals surface area contributed by atoms with Gasteiger partial charge in [-0.3, -0.25) is 0 Å². The van der Waals surface area contributed by atoms with Crippen molar-refractivity contribution in [1.82, 2.24) is 15.0 Å². The molecule has 0 amide bonds. The molecule has 9 rings (SSSR count). The molecule has 42 heavy (non-hydrogen) atoms. The molecular weight excluding hydrogens is 518 g/mol. The number of furan rings is 2. The van der Waals surface area contributed by atoms with Crippen molar-refractivity contribution < 1.29 is 8.83 Å². The minimum absolute atomic E-state index is 0.605. The molecule has 196 valence electrons. The molecule has 0 radical (unpaired) electrons. The van der Waals surface area contributed by atoms with Gasteiger partial charge in [0, 0.05) is 38.2 Å². The lowest BCUT2D eigenvalue weighted by Crippen LogP contribution is -2.00. The van der Waals surface area contributed by atoms with Gasteiger partial charge in [-0.1, -0.05) is 72.8 Å². The Morgan fingerprint density at radius 2 is 0.833 bits per heavy atom. The third kappa shape index (κ3) is 3.61. The summed E-state index contributed by atoms with van der Waals surface area (Å²) in [4.78, 5) is 14.9. The van der Waals surface area contributed by atoms with Crippen LogP contribution in [-0.2, 0) is 0 Å². The van der Waals surface area contributed by atoms with E-state index in [4.69, 9.17) is 23.8 Å². The van der Waals surface area contributed by atoms with Crippen LogP contribution >= 0.6 is 0 Å². The van der Waals surface area contributed by atoms with Crippen molar-refractivity contribution in [1.29, 1.82) is 0 Å². The highest BCUT2D eigenvalue weighted by atomic mass is 16.3. The van der Waals surface area contributed by atoms with E-state index in [0.29, 0.717) is 17.5 Å². The second-order valence-corrected chi connectivity index (χ2v) is 10.5. The van der Waals surface area contributed by atoms with E-state index in [9.17, 15) is 0 Å². The van der Waals surface area contributed by atoms with Gasteiger partial charge in [0.05, 0.1) is 0 Å². The molecule has 3 heterocycles. The van der Waals surface area contributed by atoms with E-state index < -0.39 is 0 Å². The Morgan fingerprint density at radius 3 is 1.55 bits per heavy atom. The fraction of sp³-hybridized carbons (Fsp3) is 0. The van der Waals surface area contributed by atoms with Crippen molar-refractivity contribution in [3.63, 3.8) is 0 Å². The molecule has 5 nitrogen and oxygen atoms in total. The zero-order chi connectivity index (χ0) is 27.6. The minimum Gasteiger partial charge on any atom is -0.456 e. The van der Waals surface area contributed by atoms with E-state index in [-0.39, 0.29) is 0 Å². The van der Waals surface area contributed by atoms with Crippen LogP contribution < -0.4 is 0 Å². The van der Waals surface area contributed by atoms with Gasteiger partial charge in [-0.25, -0.2) is 15.0 Å². The summed E-state index contributed by atoms with van der Waals surface area (Å²) in [5.41, 5.74) is 6.12. The van der Waals surface area contributed by atoms with Crippen molar-refractivity contribution in [2.45, 2.75) is 0 Å². The minimum atomic E-state index is 0.605. The molecule has 0 aliphatic rings. The number of para-hydroxylation sites is 1. The quantitative estimate of drug-likeness (QED) is 0.224. The zero-order valence-corrected chi connectivity index (χ0v) is 22.3. The molecule has 0 saturated carbocycles. The lowest BCUT2D eigenvalue weighted by Gasteiger charge is -2.08. The molecule has 0 spiro atoms. The number of benzene rings is 6. The maximum Gasteiger partial charge on any atom is 0.164 e.